The molecule has 2 heterocycles. The Hall–Kier alpha value is -1.60. The Balaban J connectivity index is 1.38. The van der Waals surface area contributed by atoms with Gasteiger partial charge in [-0.15, -0.1) is 0 Å². The quantitative estimate of drug-likeness (QED) is 0.764. The van der Waals surface area contributed by atoms with E-state index in [0.29, 0.717) is 47.8 Å². The van der Waals surface area contributed by atoms with Gasteiger partial charge in [0.15, 0.2) is 11.5 Å². The number of fused-ring (bicyclic) bond motifs is 1. The van der Waals surface area contributed by atoms with Gasteiger partial charge in [0.25, 0.3) is 0 Å². The zero-order valence-corrected chi connectivity index (χ0v) is 15.2. The summed E-state index contributed by atoms with van der Waals surface area (Å²) >= 11 is 0. The monoisotopic (exact) mass is 366 g/mol. The van der Waals surface area contributed by atoms with Gasteiger partial charge in [0, 0.05) is 29.7 Å². The maximum atomic E-state index is 12.4. The predicted molar refractivity (Wildman–Crippen MR) is 96.5 cm³/mol. The van der Waals surface area contributed by atoms with Crippen LogP contribution in [0.25, 0.3) is 0 Å². The highest BCUT2D eigenvalue weighted by atomic mass is 32.2. The van der Waals surface area contributed by atoms with Crippen LogP contribution in [0.15, 0.2) is 23.1 Å². The van der Waals surface area contributed by atoms with E-state index in [2.05, 4.69) is 10.6 Å². The van der Waals surface area contributed by atoms with Crippen molar-refractivity contribution in [2.75, 3.05) is 38.6 Å². The van der Waals surface area contributed by atoms with E-state index in [1.54, 1.807) is 18.2 Å². The molecule has 7 heteroatoms. The minimum absolute atomic E-state index is 0.0327. The molecule has 0 aliphatic carbocycles. The predicted octanol–water partition coefficient (Wildman–Crippen LogP) is 1.46. The molecule has 3 rings (SSSR count). The minimum atomic E-state index is -1.22. The summed E-state index contributed by atoms with van der Waals surface area (Å²) in [6, 6.07) is 5.30. The number of benzene rings is 1. The third-order valence-electron chi connectivity index (χ3n) is 4.56. The highest BCUT2D eigenvalue weighted by Crippen LogP contribution is 2.31. The second kappa shape index (κ2) is 9.20. The molecule has 2 aliphatic heterocycles. The average Bonchev–Trinajstić information content (AvgIpc) is 2.66. The summed E-state index contributed by atoms with van der Waals surface area (Å²) in [7, 11) is -1.22. The van der Waals surface area contributed by atoms with E-state index in [4.69, 9.17) is 9.47 Å². The normalized spacial score (nSPS) is 20.7. The molecule has 2 N–H and O–H groups in total. The molecule has 1 aromatic carbocycles. The number of nitrogens with one attached hydrogen (secondary N) is 2. The minimum Gasteiger partial charge on any atom is -0.486 e. The van der Waals surface area contributed by atoms with Gasteiger partial charge in [0.05, 0.1) is 10.8 Å². The number of piperidine rings is 1. The Kier molecular flexibility index (Phi) is 6.69. The van der Waals surface area contributed by atoms with Crippen molar-refractivity contribution in [1.29, 1.82) is 0 Å². The van der Waals surface area contributed by atoms with Gasteiger partial charge < -0.3 is 20.1 Å². The molecule has 138 valence electrons. The Labute approximate surface area is 151 Å². The number of ether oxygens (including phenoxy) is 2. The molecule has 0 radical (unpaired) electrons. The second-order valence-electron chi connectivity index (χ2n) is 6.46. The van der Waals surface area contributed by atoms with Gasteiger partial charge in [-0.25, -0.2) is 0 Å². The molecule has 1 saturated heterocycles. The Morgan fingerprint density at radius 3 is 2.92 bits per heavy atom. The van der Waals surface area contributed by atoms with Crippen molar-refractivity contribution in [2.24, 2.45) is 5.92 Å². The summed E-state index contributed by atoms with van der Waals surface area (Å²) in [6.07, 6.45) is 3.72. The molecule has 2 aliphatic rings. The van der Waals surface area contributed by atoms with Crippen LogP contribution in [0.3, 0.4) is 0 Å². The topological polar surface area (TPSA) is 76.7 Å². The third-order valence-corrected chi connectivity index (χ3v) is 5.92. The fourth-order valence-corrected chi connectivity index (χ4v) is 4.21. The second-order valence-corrected chi connectivity index (χ2v) is 8.03. The van der Waals surface area contributed by atoms with Crippen LogP contribution < -0.4 is 20.1 Å². The standard InChI is InChI=1S/C18H26N2O4S/c21-18(20-8-5-14-2-1-7-19-13-14)6-11-25(22)15-3-4-16-17(12-15)24-10-9-23-16/h3-4,12,14,19H,1-2,5-11,13H2,(H,20,21). The molecule has 0 bridgehead atoms. The summed E-state index contributed by atoms with van der Waals surface area (Å²) in [5, 5.41) is 6.32. The molecule has 0 saturated carbocycles. The summed E-state index contributed by atoms with van der Waals surface area (Å²) in [5.41, 5.74) is 0. The fraction of sp³-hybridized carbons (Fsp3) is 0.611. The number of rotatable bonds is 7. The molecular weight excluding hydrogens is 340 g/mol. The Morgan fingerprint density at radius 2 is 2.12 bits per heavy atom. The SMILES string of the molecule is O=C(CCS(=O)c1ccc2c(c1)OCCO2)NCCC1CCCNC1. The van der Waals surface area contributed by atoms with Gasteiger partial charge in [-0.1, -0.05) is 0 Å². The smallest absolute Gasteiger partial charge is 0.220 e. The van der Waals surface area contributed by atoms with Gasteiger partial charge in [-0.2, -0.15) is 0 Å². The number of hydrogen-bond donors (Lipinski definition) is 2. The zero-order valence-electron chi connectivity index (χ0n) is 14.4. The first-order valence-corrected chi connectivity index (χ1v) is 10.3. The molecule has 6 nitrogen and oxygen atoms in total. The fourth-order valence-electron chi connectivity index (χ4n) is 3.14. The molecule has 2 unspecified atom stereocenters. The van der Waals surface area contributed by atoms with Crippen LogP contribution in [0.5, 0.6) is 11.5 Å². The maximum Gasteiger partial charge on any atom is 0.220 e. The van der Waals surface area contributed by atoms with Crippen LogP contribution in [-0.4, -0.2) is 48.7 Å². The lowest BCUT2D eigenvalue weighted by molar-refractivity contribution is -0.120. The maximum absolute atomic E-state index is 12.4. The lowest BCUT2D eigenvalue weighted by Crippen LogP contribution is -2.33. The first kappa shape index (κ1) is 18.2. The Morgan fingerprint density at radius 1 is 1.28 bits per heavy atom. The Bertz CT molecular complexity index is 617. The van der Waals surface area contributed by atoms with Crippen LogP contribution in [0.4, 0.5) is 0 Å². The van der Waals surface area contributed by atoms with Crippen molar-refractivity contribution >= 4 is 16.7 Å². The van der Waals surface area contributed by atoms with Gasteiger partial charge in [0.1, 0.15) is 13.2 Å². The molecule has 1 fully saturated rings. The van der Waals surface area contributed by atoms with E-state index < -0.39 is 10.8 Å². The van der Waals surface area contributed by atoms with Crippen LogP contribution >= 0.6 is 0 Å². The third kappa shape index (κ3) is 5.44. The number of hydrogen-bond acceptors (Lipinski definition) is 5. The van der Waals surface area contributed by atoms with Crippen LogP contribution in [0.2, 0.25) is 0 Å². The number of carbonyl (C=O) groups is 1. The zero-order chi connectivity index (χ0) is 17.5. The van der Waals surface area contributed by atoms with Gasteiger partial charge in [-0.05, 0) is 50.4 Å². The molecule has 25 heavy (non-hydrogen) atoms. The molecule has 2 atom stereocenters. The van der Waals surface area contributed by atoms with Gasteiger partial charge in [-0.3, -0.25) is 9.00 Å². The summed E-state index contributed by atoms with van der Waals surface area (Å²) in [5.74, 6) is 2.25. The summed E-state index contributed by atoms with van der Waals surface area (Å²) < 4.78 is 23.3. The highest BCUT2D eigenvalue weighted by Gasteiger charge is 2.16. The van der Waals surface area contributed by atoms with E-state index in [9.17, 15) is 9.00 Å². The lowest BCUT2D eigenvalue weighted by atomic mass is 9.96. The van der Waals surface area contributed by atoms with Gasteiger partial charge >= 0.3 is 0 Å². The first-order chi connectivity index (χ1) is 12.2. The van der Waals surface area contributed by atoms with E-state index in [0.717, 1.165) is 19.5 Å². The van der Waals surface area contributed by atoms with Crippen molar-refractivity contribution < 1.29 is 18.5 Å². The van der Waals surface area contributed by atoms with E-state index in [1.165, 1.54) is 12.8 Å². The molecule has 0 spiro atoms. The first-order valence-electron chi connectivity index (χ1n) is 8.98. The summed E-state index contributed by atoms with van der Waals surface area (Å²) in [4.78, 5) is 12.6. The van der Waals surface area contributed by atoms with Gasteiger partial charge in [0.2, 0.25) is 5.91 Å². The molecule has 1 amide bonds. The molecule has 1 aromatic rings. The van der Waals surface area contributed by atoms with Crippen molar-refractivity contribution in [2.45, 2.75) is 30.6 Å². The van der Waals surface area contributed by atoms with Crippen LogP contribution in [-0.2, 0) is 15.6 Å². The van der Waals surface area contributed by atoms with Crippen molar-refractivity contribution in [1.82, 2.24) is 10.6 Å². The van der Waals surface area contributed by atoms with E-state index >= 15 is 0 Å². The molecular formula is C18H26N2O4S. The van der Waals surface area contributed by atoms with Crippen molar-refractivity contribution in [3.63, 3.8) is 0 Å². The summed E-state index contributed by atoms with van der Waals surface area (Å²) in [6.45, 7) is 3.88. The van der Waals surface area contributed by atoms with E-state index in [-0.39, 0.29) is 12.3 Å². The van der Waals surface area contributed by atoms with E-state index in [1.807, 2.05) is 0 Å². The number of carbonyl (C=O) groups excluding carboxylic acids is 1. The lowest BCUT2D eigenvalue weighted by Gasteiger charge is -2.22. The molecule has 0 aromatic heterocycles. The van der Waals surface area contributed by atoms with Crippen LogP contribution in [0.1, 0.15) is 25.7 Å². The van der Waals surface area contributed by atoms with Crippen LogP contribution in [0, 0.1) is 5.92 Å². The van der Waals surface area contributed by atoms with Crippen molar-refractivity contribution in [3.8, 4) is 11.5 Å². The average molecular weight is 366 g/mol. The number of amides is 1. The largest absolute Gasteiger partial charge is 0.486 e. The van der Waals surface area contributed by atoms with Crippen molar-refractivity contribution in [3.05, 3.63) is 18.2 Å². The highest BCUT2D eigenvalue weighted by molar-refractivity contribution is 7.85.